The molecule has 0 aromatic carbocycles. The second-order valence-electron chi connectivity index (χ2n) is 3.51. The van der Waals surface area contributed by atoms with E-state index in [1.54, 1.807) is 0 Å². The van der Waals surface area contributed by atoms with Crippen molar-refractivity contribution in [3.63, 3.8) is 0 Å². The number of anilines is 1. The van der Waals surface area contributed by atoms with Gasteiger partial charge in [-0.3, -0.25) is 5.10 Å². The standard InChI is InChI=1S/C10H13ClN6O/c1-18-8-9(11)14-5-15-10(8)12-4-2-3-7-13-6-16-17-7/h5-6H,2-4H2,1H3,(H,12,14,15)(H,13,16,17). The molecule has 0 saturated heterocycles. The highest BCUT2D eigenvalue weighted by Gasteiger charge is 2.09. The summed E-state index contributed by atoms with van der Waals surface area (Å²) in [6.45, 7) is 0.727. The fraction of sp³-hybridized carbons (Fsp3) is 0.400. The second-order valence-corrected chi connectivity index (χ2v) is 3.87. The molecule has 2 aromatic heterocycles. The van der Waals surface area contributed by atoms with Gasteiger partial charge >= 0.3 is 0 Å². The van der Waals surface area contributed by atoms with Crippen LogP contribution < -0.4 is 10.1 Å². The van der Waals surface area contributed by atoms with Crippen molar-refractivity contribution < 1.29 is 4.74 Å². The zero-order valence-electron chi connectivity index (χ0n) is 9.85. The molecule has 2 rings (SSSR count). The van der Waals surface area contributed by atoms with Gasteiger partial charge in [-0.05, 0) is 6.42 Å². The van der Waals surface area contributed by atoms with E-state index < -0.39 is 0 Å². The maximum absolute atomic E-state index is 5.88. The van der Waals surface area contributed by atoms with E-state index in [-0.39, 0.29) is 0 Å². The summed E-state index contributed by atoms with van der Waals surface area (Å²) in [5.74, 6) is 1.92. The van der Waals surface area contributed by atoms with Crippen molar-refractivity contribution in [2.75, 3.05) is 19.0 Å². The Morgan fingerprint density at radius 3 is 2.94 bits per heavy atom. The molecule has 0 bridgehead atoms. The maximum Gasteiger partial charge on any atom is 0.198 e. The average molecular weight is 269 g/mol. The molecule has 0 aliphatic heterocycles. The van der Waals surface area contributed by atoms with E-state index in [0.29, 0.717) is 16.7 Å². The van der Waals surface area contributed by atoms with Crippen molar-refractivity contribution in [2.24, 2.45) is 0 Å². The Bertz CT molecular complexity index is 489. The summed E-state index contributed by atoms with van der Waals surface area (Å²) in [5.41, 5.74) is 0. The molecule has 0 amide bonds. The van der Waals surface area contributed by atoms with Crippen LogP contribution >= 0.6 is 11.6 Å². The third-order valence-corrected chi connectivity index (χ3v) is 2.58. The lowest BCUT2D eigenvalue weighted by molar-refractivity contribution is 0.413. The lowest BCUT2D eigenvalue weighted by atomic mass is 10.3. The highest BCUT2D eigenvalue weighted by Crippen LogP contribution is 2.28. The Kier molecular flexibility index (Phi) is 4.30. The van der Waals surface area contributed by atoms with Gasteiger partial charge in [0, 0.05) is 13.0 Å². The second kappa shape index (κ2) is 6.15. The van der Waals surface area contributed by atoms with Crippen LogP contribution in [0.2, 0.25) is 5.15 Å². The van der Waals surface area contributed by atoms with Crippen LogP contribution in [-0.2, 0) is 6.42 Å². The maximum atomic E-state index is 5.88. The first-order chi connectivity index (χ1) is 8.81. The van der Waals surface area contributed by atoms with Crippen LogP contribution in [0, 0.1) is 0 Å². The number of H-pyrrole nitrogens is 1. The Hall–Kier alpha value is -1.89. The molecular formula is C10H13ClN6O. The van der Waals surface area contributed by atoms with Crippen LogP contribution in [0.5, 0.6) is 5.75 Å². The molecule has 0 unspecified atom stereocenters. The molecule has 7 nitrogen and oxygen atoms in total. The first kappa shape index (κ1) is 12.6. The van der Waals surface area contributed by atoms with Crippen molar-refractivity contribution in [3.8, 4) is 5.75 Å². The largest absolute Gasteiger partial charge is 0.490 e. The van der Waals surface area contributed by atoms with E-state index in [1.807, 2.05) is 0 Å². The number of halogens is 1. The van der Waals surface area contributed by atoms with Crippen molar-refractivity contribution in [1.82, 2.24) is 25.1 Å². The number of aromatic nitrogens is 5. The lowest BCUT2D eigenvalue weighted by Gasteiger charge is -2.09. The van der Waals surface area contributed by atoms with E-state index in [2.05, 4.69) is 30.5 Å². The lowest BCUT2D eigenvalue weighted by Crippen LogP contribution is -2.07. The van der Waals surface area contributed by atoms with Gasteiger partial charge in [0.25, 0.3) is 0 Å². The third kappa shape index (κ3) is 3.07. The molecule has 0 fully saturated rings. The minimum Gasteiger partial charge on any atom is -0.490 e. The summed E-state index contributed by atoms with van der Waals surface area (Å²) in [6, 6.07) is 0. The summed E-state index contributed by atoms with van der Waals surface area (Å²) in [6.07, 6.45) is 4.59. The van der Waals surface area contributed by atoms with E-state index >= 15 is 0 Å². The van der Waals surface area contributed by atoms with Gasteiger partial charge in [-0.25, -0.2) is 15.0 Å². The first-order valence-corrected chi connectivity index (χ1v) is 5.81. The van der Waals surface area contributed by atoms with E-state index in [4.69, 9.17) is 16.3 Å². The molecule has 2 aromatic rings. The predicted octanol–water partition coefficient (Wildman–Crippen LogP) is 1.30. The molecule has 0 radical (unpaired) electrons. The molecule has 0 spiro atoms. The number of hydrogen-bond donors (Lipinski definition) is 2. The van der Waals surface area contributed by atoms with Gasteiger partial charge in [0.05, 0.1) is 7.11 Å². The Morgan fingerprint density at radius 2 is 2.22 bits per heavy atom. The number of aromatic amines is 1. The number of rotatable bonds is 6. The zero-order chi connectivity index (χ0) is 12.8. The van der Waals surface area contributed by atoms with Crippen LogP contribution in [0.4, 0.5) is 5.82 Å². The minimum absolute atomic E-state index is 0.297. The molecule has 96 valence electrons. The van der Waals surface area contributed by atoms with Gasteiger partial charge in [0.15, 0.2) is 16.7 Å². The summed E-state index contributed by atoms with van der Waals surface area (Å²) in [5, 5.41) is 10.0. The van der Waals surface area contributed by atoms with E-state index in [0.717, 1.165) is 25.2 Å². The molecule has 0 atom stereocenters. The molecule has 0 aliphatic carbocycles. The Labute approximate surface area is 109 Å². The molecule has 18 heavy (non-hydrogen) atoms. The predicted molar refractivity (Wildman–Crippen MR) is 66.8 cm³/mol. The molecule has 8 heteroatoms. The van der Waals surface area contributed by atoms with Crippen molar-refractivity contribution >= 4 is 17.4 Å². The molecule has 0 saturated carbocycles. The smallest absolute Gasteiger partial charge is 0.198 e. The molecular weight excluding hydrogens is 256 g/mol. The van der Waals surface area contributed by atoms with E-state index in [9.17, 15) is 0 Å². The average Bonchev–Trinajstić information content (AvgIpc) is 2.88. The van der Waals surface area contributed by atoms with Crippen molar-refractivity contribution in [3.05, 3.63) is 23.6 Å². The number of hydrogen-bond acceptors (Lipinski definition) is 6. The van der Waals surface area contributed by atoms with Crippen LogP contribution in [0.25, 0.3) is 0 Å². The summed E-state index contributed by atoms with van der Waals surface area (Å²) in [7, 11) is 1.53. The third-order valence-electron chi connectivity index (χ3n) is 2.31. The monoisotopic (exact) mass is 268 g/mol. The Morgan fingerprint density at radius 1 is 1.33 bits per heavy atom. The van der Waals surface area contributed by atoms with Crippen LogP contribution in [0.3, 0.4) is 0 Å². The van der Waals surface area contributed by atoms with E-state index in [1.165, 1.54) is 19.8 Å². The normalized spacial score (nSPS) is 10.3. The highest BCUT2D eigenvalue weighted by atomic mass is 35.5. The van der Waals surface area contributed by atoms with Gasteiger partial charge in [0.1, 0.15) is 18.5 Å². The molecule has 2 N–H and O–H groups in total. The fourth-order valence-electron chi connectivity index (χ4n) is 1.47. The van der Waals surface area contributed by atoms with Crippen molar-refractivity contribution in [2.45, 2.75) is 12.8 Å². The van der Waals surface area contributed by atoms with Gasteiger partial charge in [-0.2, -0.15) is 5.10 Å². The van der Waals surface area contributed by atoms with Crippen LogP contribution in [0.1, 0.15) is 12.2 Å². The number of methoxy groups -OCH3 is 1. The highest BCUT2D eigenvalue weighted by molar-refractivity contribution is 6.31. The van der Waals surface area contributed by atoms with Crippen molar-refractivity contribution in [1.29, 1.82) is 0 Å². The number of aryl methyl sites for hydroxylation is 1. The van der Waals surface area contributed by atoms with Crippen LogP contribution in [-0.4, -0.2) is 38.8 Å². The number of nitrogens with one attached hydrogen (secondary N) is 2. The topological polar surface area (TPSA) is 88.6 Å². The van der Waals surface area contributed by atoms with Gasteiger partial charge < -0.3 is 10.1 Å². The van der Waals surface area contributed by atoms with Gasteiger partial charge in [-0.15, -0.1) is 0 Å². The summed E-state index contributed by atoms with van der Waals surface area (Å²) >= 11 is 5.88. The van der Waals surface area contributed by atoms with Gasteiger partial charge in [-0.1, -0.05) is 11.6 Å². The quantitative estimate of drug-likeness (QED) is 0.606. The molecule has 0 aliphatic rings. The Balaban J connectivity index is 1.85. The first-order valence-electron chi connectivity index (χ1n) is 5.44. The summed E-state index contributed by atoms with van der Waals surface area (Å²) < 4.78 is 5.13. The summed E-state index contributed by atoms with van der Waals surface area (Å²) in [4.78, 5) is 12.0. The number of nitrogens with zero attached hydrogens (tertiary/aromatic N) is 4. The number of ether oxygens (including phenoxy) is 1. The molecule has 2 heterocycles. The zero-order valence-corrected chi connectivity index (χ0v) is 10.6. The SMILES string of the molecule is COc1c(Cl)ncnc1NCCCc1ncn[nH]1. The fourth-order valence-corrected chi connectivity index (χ4v) is 1.68. The van der Waals surface area contributed by atoms with Gasteiger partial charge in [0.2, 0.25) is 0 Å². The minimum atomic E-state index is 0.297. The van der Waals surface area contributed by atoms with Crippen LogP contribution in [0.15, 0.2) is 12.7 Å².